The molecule has 0 spiro atoms. The molecule has 0 atom stereocenters. The van der Waals surface area contributed by atoms with Crippen molar-refractivity contribution in [2.24, 2.45) is 0 Å². The first-order chi connectivity index (χ1) is 15.6. The summed E-state index contributed by atoms with van der Waals surface area (Å²) in [7, 11) is 1.53. The number of halogens is 1. The molecule has 0 aliphatic rings. The van der Waals surface area contributed by atoms with Gasteiger partial charge < -0.3 is 14.8 Å². The molecule has 0 radical (unpaired) electrons. The number of ether oxygens (including phenoxy) is 2. The summed E-state index contributed by atoms with van der Waals surface area (Å²) in [4.78, 5) is 21.0. The van der Waals surface area contributed by atoms with E-state index in [1.54, 1.807) is 41.5 Å². The van der Waals surface area contributed by atoms with Gasteiger partial charge in [0.1, 0.15) is 19.3 Å². The molecule has 0 bridgehead atoms. The number of hydrogen-bond acceptors (Lipinski definition) is 6. The van der Waals surface area contributed by atoms with Gasteiger partial charge in [0.05, 0.1) is 7.11 Å². The average Bonchev–Trinajstić information content (AvgIpc) is 3.37. The molecule has 0 aliphatic heterocycles. The molecule has 8 nitrogen and oxygen atoms in total. The number of carbonyl (C=O) groups excluding carboxylic acids is 1. The third kappa shape index (κ3) is 5.04. The number of hydrogen-bond donors (Lipinski definition) is 1. The van der Waals surface area contributed by atoms with E-state index in [0.717, 1.165) is 11.1 Å². The normalized spacial score (nSPS) is 10.6. The first-order valence-corrected chi connectivity index (χ1v) is 10.1. The van der Waals surface area contributed by atoms with Gasteiger partial charge in [0.25, 0.3) is 5.91 Å². The zero-order valence-corrected chi connectivity index (χ0v) is 18.0. The van der Waals surface area contributed by atoms with E-state index in [1.807, 2.05) is 30.3 Å². The minimum absolute atomic E-state index is 0.249. The van der Waals surface area contributed by atoms with Crippen LogP contribution in [0.5, 0.6) is 11.5 Å². The predicted octanol–water partition coefficient (Wildman–Crippen LogP) is 3.83. The van der Waals surface area contributed by atoms with Gasteiger partial charge in [-0.3, -0.25) is 4.79 Å². The Bertz CT molecular complexity index is 1200. The van der Waals surface area contributed by atoms with Crippen LogP contribution in [0.2, 0.25) is 5.02 Å². The van der Waals surface area contributed by atoms with Crippen LogP contribution < -0.4 is 14.8 Å². The number of methoxy groups -OCH3 is 1. The fraction of sp³-hybridized carbons (Fsp3) is 0.130. The van der Waals surface area contributed by atoms with Crippen molar-refractivity contribution < 1.29 is 14.3 Å². The van der Waals surface area contributed by atoms with E-state index in [2.05, 4.69) is 20.4 Å². The van der Waals surface area contributed by atoms with E-state index in [9.17, 15) is 4.79 Å². The van der Waals surface area contributed by atoms with Crippen LogP contribution in [0.1, 0.15) is 21.5 Å². The first-order valence-electron chi connectivity index (χ1n) is 9.76. The second-order valence-electron chi connectivity index (χ2n) is 6.79. The highest BCUT2D eigenvalue weighted by Crippen LogP contribution is 2.29. The van der Waals surface area contributed by atoms with Gasteiger partial charge in [0.2, 0.25) is 0 Å². The molecule has 0 unspecified atom stereocenters. The minimum atomic E-state index is -0.249. The summed E-state index contributed by atoms with van der Waals surface area (Å²) in [6.45, 7) is 0.629. The monoisotopic (exact) mass is 449 g/mol. The van der Waals surface area contributed by atoms with Crippen molar-refractivity contribution in [3.63, 3.8) is 0 Å². The summed E-state index contributed by atoms with van der Waals surface area (Å²) in [6, 6.07) is 16.1. The van der Waals surface area contributed by atoms with Crippen LogP contribution in [0.15, 0.2) is 73.4 Å². The average molecular weight is 450 g/mol. The van der Waals surface area contributed by atoms with Gasteiger partial charge in [-0.2, -0.15) is 5.10 Å². The fourth-order valence-corrected chi connectivity index (χ4v) is 3.17. The van der Waals surface area contributed by atoms with Crippen LogP contribution in [0.25, 0.3) is 5.82 Å². The third-order valence-corrected chi connectivity index (χ3v) is 4.93. The number of nitrogens with zero attached hydrogens (tertiary/aromatic N) is 4. The van der Waals surface area contributed by atoms with Crippen molar-refractivity contribution >= 4 is 17.5 Å². The second kappa shape index (κ2) is 9.93. The lowest BCUT2D eigenvalue weighted by Crippen LogP contribution is -2.24. The highest BCUT2D eigenvalue weighted by Gasteiger charge is 2.13. The number of amides is 1. The summed E-state index contributed by atoms with van der Waals surface area (Å²) in [5.41, 5.74) is 2.23. The molecule has 4 rings (SSSR count). The molecule has 2 aromatic heterocycles. The molecule has 2 aromatic carbocycles. The van der Waals surface area contributed by atoms with Crippen molar-refractivity contribution in [2.75, 3.05) is 7.11 Å². The van der Waals surface area contributed by atoms with Crippen molar-refractivity contribution in [2.45, 2.75) is 13.2 Å². The third-order valence-electron chi connectivity index (χ3n) is 4.68. The van der Waals surface area contributed by atoms with Gasteiger partial charge in [0.15, 0.2) is 17.3 Å². The SMILES string of the molecule is COc1cc(C(=O)NCc2cccnc2-n2cncn2)ccc1OCc1ccc(Cl)cc1. The van der Waals surface area contributed by atoms with Crippen LogP contribution >= 0.6 is 11.6 Å². The second-order valence-corrected chi connectivity index (χ2v) is 7.23. The summed E-state index contributed by atoms with van der Waals surface area (Å²) in [5, 5.41) is 7.67. The van der Waals surface area contributed by atoms with E-state index in [0.29, 0.717) is 34.5 Å². The van der Waals surface area contributed by atoms with E-state index < -0.39 is 0 Å². The smallest absolute Gasteiger partial charge is 0.251 e. The lowest BCUT2D eigenvalue weighted by Gasteiger charge is -2.13. The molecule has 162 valence electrons. The Morgan fingerprint density at radius 1 is 1.12 bits per heavy atom. The molecule has 0 saturated heterocycles. The molecule has 2 heterocycles. The van der Waals surface area contributed by atoms with Crippen molar-refractivity contribution in [1.29, 1.82) is 0 Å². The Kier molecular flexibility index (Phi) is 6.62. The maximum absolute atomic E-state index is 12.7. The van der Waals surface area contributed by atoms with E-state index >= 15 is 0 Å². The molecule has 32 heavy (non-hydrogen) atoms. The maximum Gasteiger partial charge on any atom is 0.251 e. The Balaban J connectivity index is 1.43. The maximum atomic E-state index is 12.7. The van der Waals surface area contributed by atoms with Gasteiger partial charge in [-0.25, -0.2) is 14.6 Å². The van der Waals surface area contributed by atoms with Crippen LogP contribution in [0.4, 0.5) is 0 Å². The molecule has 0 saturated carbocycles. The van der Waals surface area contributed by atoms with Crippen LogP contribution in [0, 0.1) is 0 Å². The quantitative estimate of drug-likeness (QED) is 0.439. The molecule has 1 amide bonds. The number of benzene rings is 2. The van der Waals surface area contributed by atoms with Crippen molar-refractivity contribution in [3.05, 3.63) is 95.2 Å². The number of pyridine rings is 1. The Morgan fingerprint density at radius 2 is 1.97 bits per heavy atom. The molecule has 0 aliphatic carbocycles. The van der Waals surface area contributed by atoms with Crippen LogP contribution in [-0.2, 0) is 13.2 Å². The van der Waals surface area contributed by atoms with Crippen molar-refractivity contribution in [1.82, 2.24) is 25.1 Å². The number of nitrogens with one attached hydrogen (secondary N) is 1. The molecule has 1 N–H and O–H groups in total. The minimum Gasteiger partial charge on any atom is -0.493 e. The number of rotatable bonds is 8. The summed E-state index contributed by atoms with van der Waals surface area (Å²) < 4.78 is 12.8. The Hall–Kier alpha value is -3.91. The largest absolute Gasteiger partial charge is 0.493 e. The van der Waals surface area contributed by atoms with Crippen molar-refractivity contribution in [3.8, 4) is 17.3 Å². The van der Waals surface area contributed by atoms with Gasteiger partial charge in [0, 0.05) is 28.9 Å². The predicted molar refractivity (Wildman–Crippen MR) is 119 cm³/mol. The zero-order chi connectivity index (χ0) is 22.3. The standard InChI is InChI=1S/C23H20ClN5O3/c1-31-21-11-17(6-9-20(21)32-13-16-4-7-19(24)8-5-16)23(30)27-12-18-3-2-10-26-22(18)29-15-25-14-28-29/h2-11,14-15H,12-13H2,1H3,(H,27,30). The van der Waals surface area contributed by atoms with Gasteiger partial charge in [-0.05, 0) is 42.0 Å². The lowest BCUT2D eigenvalue weighted by atomic mass is 10.1. The Labute approximate surface area is 189 Å². The molecule has 0 fully saturated rings. The molecule has 9 heteroatoms. The van der Waals surface area contributed by atoms with Gasteiger partial charge in [-0.1, -0.05) is 29.8 Å². The molecular formula is C23H20ClN5O3. The zero-order valence-electron chi connectivity index (χ0n) is 17.2. The van der Waals surface area contributed by atoms with Gasteiger partial charge >= 0.3 is 0 Å². The lowest BCUT2D eigenvalue weighted by molar-refractivity contribution is 0.0950. The van der Waals surface area contributed by atoms with Gasteiger partial charge in [-0.15, -0.1) is 0 Å². The highest BCUT2D eigenvalue weighted by atomic mass is 35.5. The van der Waals surface area contributed by atoms with E-state index in [1.165, 1.54) is 13.4 Å². The summed E-state index contributed by atoms with van der Waals surface area (Å²) in [6.07, 6.45) is 4.65. The van der Waals surface area contributed by atoms with Crippen LogP contribution in [-0.4, -0.2) is 32.8 Å². The number of aromatic nitrogens is 4. The summed E-state index contributed by atoms with van der Waals surface area (Å²) >= 11 is 5.91. The fourth-order valence-electron chi connectivity index (χ4n) is 3.04. The molecular weight excluding hydrogens is 430 g/mol. The van der Waals surface area contributed by atoms with E-state index in [-0.39, 0.29) is 12.5 Å². The summed E-state index contributed by atoms with van der Waals surface area (Å²) in [5.74, 6) is 1.37. The topological polar surface area (TPSA) is 91.2 Å². The molecule has 4 aromatic rings. The van der Waals surface area contributed by atoms with E-state index in [4.69, 9.17) is 21.1 Å². The first kappa shape index (κ1) is 21.3. The van der Waals surface area contributed by atoms with Crippen LogP contribution in [0.3, 0.4) is 0 Å². The highest BCUT2D eigenvalue weighted by molar-refractivity contribution is 6.30. The Morgan fingerprint density at radius 3 is 2.72 bits per heavy atom. The number of carbonyl (C=O) groups is 1.